The van der Waals surface area contributed by atoms with Crippen LogP contribution >= 0.6 is 0 Å². The SMILES string of the molecule is CN=C(NCc1nc(C)c(C)o1)NCC1CCCN(C(C)C)C1. The standard InChI is InChI=1S/C17H31N5O/c1-12(2)22-8-6-7-15(11-22)9-19-17(18-5)20-10-16-21-13(3)14(4)23-16/h12,15H,6-11H2,1-5H3,(H2,18,19,20). The van der Waals surface area contributed by atoms with E-state index in [2.05, 4.69) is 39.4 Å². The minimum absolute atomic E-state index is 0.553. The largest absolute Gasteiger partial charge is 0.444 e. The van der Waals surface area contributed by atoms with E-state index in [1.807, 2.05) is 13.8 Å². The van der Waals surface area contributed by atoms with Crippen LogP contribution in [-0.4, -0.2) is 48.6 Å². The molecule has 1 aromatic rings. The number of piperidine rings is 1. The summed E-state index contributed by atoms with van der Waals surface area (Å²) in [6, 6.07) is 0.631. The van der Waals surface area contributed by atoms with E-state index in [0.717, 1.165) is 24.0 Å². The number of aryl methyl sites for hydroxylation is 2. The highest BCUT2D eigenvalue weighted by Crippen LogP contribution is 2.17. The van der Waals surface area contributed by atoms with E-state index in [1.54, 1.807) is 7.05 Å². The molecule has 0 radical (unpaired) electrons. The Bertz CT molecular complexity index is 504. The number of hydrogen-bond donors (Lipinski definition) is 2. The van der Waals surface area contributed by atoms with Gasteiger partial charge in [0.25, 0.3) is 0 Å². The highest BCUT2D eigenvalue weighted by Gasteiger charge is 2.21. The first-order valence-corrected chi connectivity index (χ1v) is 8.61. The molecule has 2 heterocycles. The molecule has 1 aromatic heterocycles. The third kappa shape index (κ3) is 5.23. The average Bonchev–Trinajstić information content (AvgIpc) is 2.86. The van der Waals surface area contributed by atoms with Crippen LogP contribution in [0, 0.1) is 19.8 Å². The first kappa shape index (κ1) is 17.8. The van der Waals surface area contributed by atoms with E-state index in [-0.39, 0.29) is 0 Å². The quantitative estimate of drug-likeness (QED) is 0.642. The fourth-order valence-corrected chi connectivity index (χ4v) is 2.97. The van der Waals surface area contributed by atoms with Gasteiger partial charge in [-0.25, -0.2) is 4.98 Å². The van der Waals surface area contributed by atoms with Gasteiger partial charge in [-0.1, -0.05) is 0 Å². The molecule has 0 aromatic carbocycles. The maximum Gasteiger partial charge on any atom is 0.214 e. The van der Waals surface area contributed by atoms with E-state index < -0.39 is 0 Å². The Morgan fingerprint density at radius 2 is 2.17 bits per heavy atom. The summed E-state index contributed by atoms with van der Waals surface area (Å²) < 4.78 is 5.58. The van der Waals surface area contributed by atoms with Gasteiger partial charge in [-0.05, 0) is 53.0 Å². The molecule has 0 spiro atoms. The van der Waals surface area contributed by atoms with Crippen molar-refractivity contribution in [2.24, 2.45) is 10.9 Å². The fourth-order valence-electron chi connectivity index (χ4n) is 2.97. The maximum atomic E-state index is 5.58. The molecule has 1 unspecified atom stereocenters. The summed E-state index contributed by atoms with van der Waals surface area (Å²) in [7, 11) is 1.79. The normalized spacial score (nSPS) is 20.1. The van der Waals surface area contributed by atoms with Crippen molar-refractivity contribution >= 4 is 5.96 Å². The second-order valence-corrected chi connectivity index (χ2v) is 6.65. The van der Waals surface area contributed by atoms with Crippen LogP contribution in [0.1, 0.15) is 44.0 Å². The van der Waals surface area contributed by atoms with E-state index in [4.69, 9.17) is 4.42 Å². The number of aliphatic imine (C=N–C) groups is 1. The van der Waals surface area contributed by atoms with Gasteiger partial charge in [0.2, 0.25) is 5.89 Å². The van der Waals surface area contributed by atoms with Crippen LogP contribution in [-0.2, 0) is 6.54 Å². The lowest BCUT2D eigenvalue weighted by molar-refractivity contribution is 0.141. The zero-order chi connectivity index (χ0) is 16.8. The van der Waals surface area contributed by atoms with Crippen LogP contribution in [0.5, 0.6) is 0 Å². The van der Waals surface area contributed by atoms with Crippen molar-refractivity contribution in [3.8, 4) is 0 Å². The Hall–Kier alpha value is -1.56. The van der Waals surface area contributed by atoms with Crippen LogP contribution in [0.15, 0.2) is 9.41 Å². The zero-order valence-electron chi connectivity index (χ0n) is 15.1. The third-order valence-corrected chi connectivity index (χ3v) is 4.54. The lowest BCUT2D eigenvalue weighted by atomic mass is 9.97. The lowest BCUT2D eigenvalue weighted by Crippen LogP contribution is -2.46. The Balaban J connectivity index is 1.76. The van der Waals surface area contributed by atoms with Gasteiger partial charge in [0.05, 0.1) is 12.2 Å². The molecule has 2 rings (SSSR count). The van der Waals surface area contributed by atoms with Crippen molar-refractivity contribution in [1.29, 1.82) is 0 Å². The zero-order valence-corrected chi connectivity index (χ0v) is 15.1. The molecule has 6 nitrogen and oxygen atoms in total. The Morgan fingerprint density at radius 3 is 2.78 bits per heavy atom. The number of aromatic nitrogens is 1. The molecule has 130 valence electrons. The van der Waals surface area contributed by atoms with Crippen LogP contribution in [0.3, 0.4) is 0 Å². The molecule has 1 atom stereocenters. The smallest absolute Gasteiger partial charge is 0.214 e. The molecule has 1 aliphatic rings. The van der Waals surface area contributed by atoms with Gasteiger partial charge < -0.3 is 20.0 Å². The number of likely N-dealkylation sites (tertiary alicyclic amines) is 1. The Kier molecular flexibility index (Phi) is 6.45. The molecule has 23 heavy (non-hydrogen) atoms. The first-order chi connectivity index (χ1) is 11.0. The van der Waals surface area contributed by atoms with Gasteiger partial charge in [-0.3, -0.25) is 4.99 Å². The molecule has 0 saturated carbocycles. The van der Waals surface area contributed by atoms with Gasteiger partial charge in [0.1, 0.15) is 5.76 Å². The summed E-state index contributed by atoms with van der Waals surface area (Å²) >= 11 is 0. The number of guanidine groups is 1. The highest BCUT2D eigenvalue weighted by molar-refractivity contribution is 5.79. The van der Waals surface area contributed by atoms with Crippen molar-refractivity contribution in [3.05, 3.63) is 17.3 Å². The summed E-state index contributed by atoms with van der Waals surface area (Å²) in [4.78, 5) is 11.2. The number of nitrogens with one attached hydrogen (secondary N) is 2. The highest BCUT2D eigenvalue weighted by atomic mass is 16.4. The van der Waals surface area contributed by atoms with Crippen LogP contribution in [0.2, 0.25) is 0 Å². The van der Waals surface area contributed by atoms with Crippen molar-refractivity contribution in [2.75, 3.05) is 26.7 Å². The van der Waals surface area contributed by atoms with Gasteiger partial charge in [-0.2, -0.15) is 0 Å². The Morgan fingerprint density at radius 1 is 1.39 bits per heavy atom. The minimum Gasteiger partial charge on any atom is -0.444 e. The maximum absolute atomic E-state index is 5.58. The summed E-state index contributed by atoms with van der Waals surface area (Å²) in [6.07, 6.45) is 2.57. The monoisotopic (exact) mass is 321 g/mol. The molecule has 0 aliphatic carbocycles. The van der Waals surface area contributed by atoms with E-state index in [0.29, 0.717) is 24.4 Å². The Labute approximate surface area is 139 Å². The number of rotatable bonds is 5. The number of nitrogens with zero attached hydrogens (tertiary/aromatic N) is 3. The van der Waals surface area contributed by atoms with Gasteiger partial charge in [-0.15, -0.1) is 0 Å². The van der Waals surface area contributed by atoms with Crippen molar-refractivity contribution in [3.63, 3.8) is 0 Å². The molecule has 2 N–H and O–H groups in total. The molecule has 1 saturated heterocycles. The summed E-state index contributed by atoms with van der Waals surface area (Å²) in [5.74, 6) is 3.06. The summed E-state index contributed by atoms with van der Waals surface area (Å²) in [5.41, 5.74) is 0.945. The van der Waals surface area contributed by atoms with E-state index in [9.17, 15) is 0 Å². The predicted molar refractivity (Wildman–Crippen MR) is 93.6 cm³/mol. The molecule has 6 heteroatoms. The predicted octanol–water partition coefficient (Wildman–Crippen LogP) is 2.08. The third-order valence-electron chi connectivity index (χ3n) is 4.54. The van der Waals surface area contributed by atoms with E-state index >= 15 is 0 Å². The second-order valence-electron chi connectivity index (χ2n) is 6.65. The molecule has 0 amide bonds. The topological polar surface area (TPSA) is 65.7 Å². The van der Waals surface area contributed by atoms with E-state index in [1.165, 1.54) is 25.9 Å². The van der Waals surface area contributed by atoms with Gasteiger partial charge in [0, 0.05) is 26.2 Å². The number of hydrogen-bond acceptors (Lipinski definition) is 4. The first-order valence-electron chi connectivity index (χ1n) is 8.61. The summed E-state index contributed by atoms with van der Waals surface area (Å²) in [5, 5.41) is 6.70. The minimum atomic E-state index is 0.553. The second kappa shape index (κ2) is 8.34. The van der Waals surface area contributed by atoms with Gasteiger partial charge in [0.15, 0.2) is 5.96 Å². The number of oxazole rings is 1. The van der Waals surface area contributed by atoms with Crippen LogP contribution < -0.4 is 10.6 Å². The average molecular weight is 321 g/mol. The summed E-state index contributed by atoms with van der Waals surface area (Å²) in [6.45, 7) is 12.3. The van der Waals surface area contributed by atoms with Crippen molar-refractivity contribution in [2.45, 2.75) is 53.1 Å². The lowest BCUT2D eigenvalue weighted by Gasteiger charge is -2.35. The molecular formula is C17H31N5O. The van der Waals surface area contributed by atoms with Crippen LogP contribution in [0.4, 0.5) is 0 Å². The fraction of sp³-hybridized carbons (Fsp3) is 0.765. The van der Waals surface area contributed by atoms with Crippen molar-refractivity contribution in [1.82, 2.24) is 20.5 Å². The van der Waals surface area contributed by atoms with Gasteiger partial charge >= 0.3 is 0 Å². The molecule has 1 aliphatic heterocycles. The molecule has 0 bridgehead atoms. The molecule has 1 fully saturated rings. The van der Waals surface area contributed by atoms with Crippen LogP contribution in [0.25, 0.3) is 0 Å². The van der Waals surface area contributed by atoms with Crippen molar-refractivity contribution < 1.29 is 4.42 Å². The molecular weight excluding hydrogens is 290 g/mol.